The fourth-order valence-corrected chi connectivity index (χ4v) is 2.24. The lowest BCUT2D eigenvalue weighted by Gasteiger charge is -2.07. The molecule has 0 aliphatic carbocycles. The van der Waals surface area contributed by atoms with Crippen LogP contribution in [0.3, 0.4) is 0 Å². The molecule has 0 saturated carbocycles. The van der Waals surface area contributed by atoms with Crippen molar-refractivity contribution in [2.45, 2.75) is 83.7 Å². The third kappa shape index (κ3) is 17.4. The number of hydrogen-bond donors (Lipinski definition) is 1. The molecule has 0 spiro atoms. The van der Waals surface area contributed by atoms with Crippen LogP contribution in [0.4, 0.5) is 13.2 Å². The molecule has 0 heterocycles. The molecule has 0 atom stereocenters. The van der Waals surface area contributed by atoms with E-state index >= 15 is 0 Å². The predicted octanol–water partition coefficient (Wildman–Crippen LogP) is 5.02. The third-order valence-electron chi connectivity index (χ3n) is 3.46. The van der Waals surface area contributed by atoms with Gasteiger partial charge in [0, 0.05) is 6.42 Å². The molecule has 0 rings (SSSR count). The Bertz CT molecular complexity index is 254. The van der Waals surface area contributed by atoms with Crippen LogP contribution in [-0.2, 0) is 4.79 Å². The highest BCUT2D eigenvalue weighted by Gasteiger charge is 2.26. The summed E-state index contributed by atoms with van der Waals surface area (Å²) in [4.78, 5) is 11.3. The predicted molar refractivity (Wildman–Crippen MR) is 80.4 cm³/mol. The van der Waals surface area contributed by atoms with E-state index in [2.05, 4.69) is 12.2 Å². The minimum atomic E-state index is -4.24. The Labute approximate surface area is 126 Å². The Hall–Kier alpha value is -0.580. The maximum atomic E-state index is 11.9. The average Bonchev–Trinajstić information content (AvgIpc) is 2.39. The van der Waals surface area contributed by atoms with Gasteiger partial charge in [0.1, 0.15) is 5.78 Å². The van der Waals surface area contributed by atoms with Crippen molar-refractivity contribution in [1.29, 1.82) is 0 Å². The number of unbranched alkanes of at least 4 members (excludes halogenated alkanes) is 9. The van der Waals surface area contributed by atoms with Crippen LogP contribution in [0.5, 0.6) is 0 Å². The summed E-state index contributed by atoms with van der Waals surface area (Å²) < 4.78 is 35.6. The van der Waals surface area contributed by atoms with E-state index in [1.807, 2.05) is 0 Å². The summed E-state index contributed by atoms with van der Waals surface area (Å²) in [5.41, 5.74) is 0. The summed E-state index contributed by atoms with van der Waals surface area (Å²) >= 11 is 0. The molecule has 0 aromatic heterocycles. The van der Waals surface area contributed by atoms with Gasteiger partial charge < -0.3 is 5.32 Å². The van der Waals surface area contributed by atoms with Gasteiger partial charge in [-0.2, -0.15) is 13.2 Å². The lowest BCUT2D eigenvalue weighted by atomic mass is 10.1. The van der Waals surface area contributed by atoms with Gasteiger partial charge in [-0.1, -0.05) is 64.7 Å². The zero-order chi connectivity index (χ0) is 16.0. The van der Waals surface area contributed by atoms with Gasteiger partial charge in [-0.15, -0.1) is 0 Å². The molecule has 0 radical (unpaired) electrons. The molecule has 2 nitrogen and oxygen atoms in total. The van der Waals surface area contributed by atoms with Crippen LogP contribution in [0.1, 0.15) is 77.6 Å². The molecule has 0 unspecified atom stereocenters. The highest BCUT2D eigenvalue weighted by atomic mass is 19.4. The molecule has 0 aliphatic rings. The molecule has 0 fully saturated rings. The van der Waals surface area contributed by atoms with Crippen molar-refractivity contribution < 1.29 is 18.0 Å². The lowest BCUT2D eigenvalue weighted by Crippen LogP contribution is -2.32. The molecule has 126 valence electrons. The van der Waals surface area contributed by atoms with Crippen LogP contribution >= 0.6 is 0 Å². The van der Waals surface area contributed by atoms with Gasteiger partial charge in [0.05, 0.1) is 13.1 Å². The Kier molecular flexibility index (Phi) is 12.7. The number of nitrogens with one attached hydrogen (secondary N) is 1. The molecule has 0 amide bonds. The van der Waals surface area contributed by atoms with Crippen molar-refractivity contribution in [2.75, 3.05) is 13.1 Å². The summed E-state index contributed by atoms with van der Waals surface area (Å²) in [6, 6.07) is 0. The van der Waals surface area contributed by atoms with E-state index in [0.29, 0.717) is 6.42 Å². The summed E-state index contributed by atoms with van der Waals surface area (Å²) in [6.07, 6.45) is 8.05. The quantitative estimate of drug-likeness (QED) is 0.457. The minimum absolute atomic E-state index is 0.126. The van der Waals surface area contributed by atoms with E-state index in [9.17, 15) is 18.0 Å². The number of halogens is 3. The van der Waals surface area contributed by atoms with Crippen molar-refractivity contribution in [1.82, 2.24) is 5.32 Å². The monoisotopic (exact) mass is 309 g/mol. The molecule has 1 N–H and O–H groups in total. The number of rotatable bonds is 14. The minimum Gasteiger partial charge on any atom is -0.302 e. The zero-order valence-corrected chi connectivity index (χ0v) is 13.2. The van der Waals surface area contributed by atoms with Crippen LogP contribution < -0.4 is 5.32 Å². The second-order valence-corrected chi connectivity index (χ2v) is 5.69. The van der Waals surface area contributed by atoms with E-state index in [1.54, 1.807) is 0 Å². The number of ketones is 1. The molecule has 0 aromatic carbocycles. The summed E-state index contributed by atoms with van der Waals surface area (Å²) in [5.74, 6) is -0.126. The maximum Gasteiger partial charge on any atom is 0.401 e. The second-order valence-electron chi connectivity index (χ2n) is 5.69. The third-order valence-corrected chi connectivity index (χ3v) is 3.46. The van der Waals surface area contributed by atoms with E-state index in [0.717, 1.165) is 19.3 Å². The van der Waals surface area contributed by atoms with Crippen molar-refractivity contribution in [2.24, 2.45) is 0 Å². The van der Waals surface area contributed by atoms with Crippen molar-refractivity contribution in [3.63, 3.8) is 0 Å². The van der Waals surface area contributed by atoms with Crippen molar-refractivity contribution >= 4 is 5.78 Å². The molecule has 0 aliphatic heterocycles. The average molecular weight is 309 g/mol. The van der Waals surface area contributed by atoms with E-state index in [4.69, 9.17) is 0 Å². The van der Waals surface area contributed by atoms with E-state index in [-0.39, 0.29) is 12.3 Å². The first-order valence-corrected chi connectivity index (χ1v) is 8.25. The Morgan fingerprint density at radius 2 is 1.33 bits per heavy atom. The van der Waals surface area contributed by atoms with Crippen LogP contribution in [0.2, 0.25) is 0 Å². The highest BCUT2D eigenvalue weighted by Crippen LogP contribution is 2.13. The molecule has 5 heteroatoms. The molecule has 0 saturated heterocycles. The van der Waals surface area contributed by atoms with Crippen LogP contribution in [0.25, 0.3) is 0 Å². The summed E-state index contributed by atoms with van der Waals surface area (Å²) in [7, 11) is 0. The summed E-state index contributed by atoms with van der Waals surface area (Å²) in [5, 5.41) is 2.14. The zero-order valence-electron chi connectivity index (χ0n) is 13.2. The van der Waals surface area contributed by atoms with Gasteiger partial charge in [0.25, 0.3) is 0 Å². The van der Waals surface area contributed by atoms with Gasteiger partial charge >= 0.3 is 6.18 Å². The van der Waals surface area contributed by atoms with Crippen LogP contribution in [-0.4, -0.2) is 25.0 Å². The number of carbonyl (C=O) groups excluding carboxylic acids is 1. The lowest BCUT2D eigenvalue weighted by molar-refractivity contribution is -0.127. The highest BCUT2D eigenvalue weighted by molar-refractivity contribution is 5.80. The van der Waals surface area contributed by atoms with Gasteiger partial charge in [-0.25, -0.2) is 0 Å². The van der Waals surface area contributed by atoms with Gasteiger partial charge in [-0.05, 0) is 6.42 Å². The molecular formula is C16H30F3NO. The van der Waals surface area contributed by atoms with Crippen LogP contribution in [0, 0.1) is 0 Å². The fourth-order valence-electron chi connectivity index (χ4n) is 2.24. The van der Waals surface area contributed by atoms with Gasteiger partial charge in [0.15, 0.2) is 0 Å². The standard InChI is InChI=1S/C16H30F3NO/c1-2-3-4-5-6-7-8-9-10-11-12-15(21)13-20-14-16(17,18)19/h20H,2-14H2,1H3. The summed E-state index contributed by atoms with van der Waals surface area (Å²) in [6.45, 7) is 0.952. The molecule has 21 heavy (non-hydrogen) atoms. The van der Waals surface area contributed by atoms with E-state index < -0.39 is 12.7 Å². The molecular weight excluding hydrogens is 279 g/mol. The Morgan fingerprint density at radius 3 is 1.81 bits per heavy atom. The van der Waals surface area contributed by atoms with Crippen molar-refractivity contribution in [3.8, 4) is 0 Å². The molecule has 0 bridgehead atoms. The number of alkyl halides is 3. The number of carbonyl (C=O) groups is 1. The largest absolute Gasteiger partial charge is 0.401 e. The first-order chi connectivity index (χ1) is 9.95. The first-order valence-electron chi connectivity index (χ1n) is 8.25. The SMILES string of the molecule is CCCCCCCCCCCCC(=O)CNCC(F)(F)F. The van der Waals surface area contributed by atoms with Gasteiger partial charge in [0.2, 0.25) is 0 Å². The second kappa shape index (κ2) is 13.1. The van der Waals surface area contributed by atoms with Crippen LogP contribution in [0.15, 0.2) is 0 Å². The molecule has 0 aromatic rings. The Balaban J connectivity index is 3.22. The smallest absolute Gasteiger partial charge is 0.302 e. The maximum absolute atomic E-state index is 11.9. The normalized spacial score (nSPS) is 11.8. The van der Waals surface area contributed by atoms with Gasteiger partial charge in [-0.3, -0.25) is 4.79 Å². The number of Topliss-reactive ketones (excluding diaryl/α,β-unsaturated/α-hetero) is 1. The van der Waals surface area contributed by atoms with E-state index in [1.165, 1.54) is 44.9 Å². The first kappa shape index (κ1) is 20.4. The topological polar surface area (TPSA) is 29.1 Å². The van der Waals surface area contributed by atoms with Crippen molar-refractivity contribution in [3.05, 3.63) is 0 Å². The Morgan fingerprint density at radius 1 is 0.857 bits per heavy atom. The number of hydrogen-bond acceptors (Lipinski definition) is 2. The fraction of sp³-hybridized carbons (Fsp3) is 0.938.